The first-order valence-corrected chi connectivity index (χ1v) is 5.64. The zero-order valence-electron chi connectivity index (χ0n) is 6.39. The third-order valence-corrected chi connectivity index (χ3v) is 3.39. The number of rotatable bonds is 1. The summed E-state index contributed by atoms with van der Waals surface area (Å²) in [5.74, 6) is 0. The van der Waals surface area contributed by atoms with Crippen LogP contribution in [0.3, 0.4) is 0 Å². The predicted molar refractivity (Wildman–Crippen MR) is 47.0 cm³/mol. The van der Waals surface area contributed by atoms with Crippen molar-refractivity contribution in [3.63, 3.8) is 0 Å². The quantitative estimate of drug-likeness (QED) is 0.570. The Bertz CT molecular complexity index is 219. The van der Waals surface area contributed by atoms with Crippen molar-refractivity contribution in [2.24, 2.45) is 0 Å². The number of piperazine rings is 1. The van der Waals surface area contributed by atoms with Crippen molar-refractivity contribution in [2.75, 3.05) is 32.4 Å². The molecule has 0 saturated carbocycles. The second kappa shape index (κ2) is 3.30. The van der Waals surface area contributed by atoms with Gasteiger partial charge in [0.05, 0.1) is 6.26 Å². The normalized spacial score (nSPS) is 23.8. The van der Waals surface area contributed by atoms with Gasteiger partial charge in [-0.25, -0.2) is 8.42 Å². The van der Waals surface area contributed by atoms with Gasteiger partial charge in [-0.3, -0.25) is 4.31 Å². The topological polar surface area (TPSA) is 40.6 Å². The van der Waals surface area contributed by atoms with Gasteiger partial charge < -0.3 is 0 Å². The van der Waals surface area contributed by atoms with Crippen LogP contribution in [0.25, 0.3) is 0 Å². The van der Waals surface area contributed by atoms with E-state index in [0.717, 1.165) is 0 Å². The summed E-state index contributed by atoms with van der Waals surface area (Å²) in [6.07, 6.45) is 1.24. The molecule has 1 saturated heterocycles. The Hall–Kier alpha value is 0.220. The second-order valence-electron chi connectivity index (χ2n) is 2.62. The number of hydrogen-bond acceptors (Lipinski definition) is 4. The summed E-state index contributed by atoms with van der Waals surface area (Å²) < 4.78 is 25.2. The molecule has 0 aromatic carbocycles. The molecule has 1 heterocycles. The number of thiol groups is 1. The Balaban J connectivity index is 2.53. The molecule has 0 amide bonds. The zero-order chi connectivity index (χ0) is 8.48. The number of nitrogens with zero attached hydrogens (tertiary/aromatic N) is 2. The van der Waals surface area contributed by atoms with Crippen molar-refractivity contribution in [1.82, 2.24) is 8.61 Å². The van der Waals surface area contributed by atoms with E-state index in [1.165, 1.54) is 10.6 Å². The molecule has 0 unspecified atom stereocenters. The summed E-state index contributed by atoms with van der Waals surface area (Å²) in [7, 11) is -2.98. The molecule has 0 aliphatic carbocycles. The lowest BCUT2D eigenvalue weighted by atomic mass is 10.4. The van der Waals surface area contributed by atoms with E-state index in [0.29, 0.717) is 26.2 Å². The molecule has 1 aliphatic rings. The van der Waals surface area contributed by atoms with Crippen LogP contribution in [0, 0.1) is 0 Å². The minimum atomic E-state index is -2.98. The summed E-state index contributed by atoms with van der Waals surface area (Å²) in [6.45, 7) is 2.52. The molecule has 0 radical (unpaired) electrons. The van der Waals surface area contributed by atoms with E-state index in [9.17, 15) is 8.42 Å². The van der Waals surface area contributed by atoms with Crippen LogP contribution in [0.15, 0.2) is 0 Å². The lowest BCUT2D eigenvalue weighted by molar-refractivity contribution is 0.293. The van der Waals surface area contributed by atoms with E-state index in [2.05, 4.69) is 12.8 Å². The van der Waals surface area contributed by atoms with Gasteiger partial charge in [-0.15, -0.1) is 0 Å². The Morgan fingerprint density at radius 3 is 2.00 bits per heavy atom. The van der Waals surface area contributed by atoms with Gasteiger partial charge in [0.1, 0.15) is 0 Å². The zero-order valence-corrected chi connectivity index (χ0v) is 8.11. The Labute approximate surface area is 72.8 Å². The average molecular weight is 196 g/mol. The average Bonchev–Trinajstić information content (AvgIpc) is 1.86. The maximum absolute atomic E-state index is 11.0. The largest absolute Gasteiger partial charge is 0.251 e. The van der Waals surface area contributed by atoms with Gasteiger partial charge in [0.15, 0.2) is 0 Å². The van der Waals surface area contributed by atoms with E-state index in [1.54, 1.807) is 0 Å². The van der Waals surface area contributed by atoms with Gasteiger partial charge in [-0.05, 0) is 0 Å². The summed E-state index contributed by atoms with van der Waals surface area (Å²) in [5, 5.41) is 0. The van der Waals surface area contributed by atoms with Gasteiger partial charge in [-0.2, -0.15) is 4.31 Å². The molecule has 11 heavy (non-hydrogen) atoms. The number of hydrogen-bond donors (Lipinski definition) is 1. The molecule has 4 nitrogen and oxygen atoms in total. The second-order valence-corrected chi connectivity index (χ2v) is 5.16. The van der Waals surface area contributed by atoms with Crippen LogP contribution < -0.4 is 0 Å². The van der Waals surface area contributed by atoms with Crippen molar-refractivity contribution in [1.29, 1.82) is 0 Å². The molecule has 66 valence electrons. The Morgan fingerprint density at radius 2 is 1.64 bits per heavy atom. The smallest absolute Gasteiger partial charge is 0.211 e. The molecule has 0 aromatic rings. The molecular formula is C5H12N2O2S2. The van der Waals surface area contributed by atoms with Crippen LogP contribution in [-0.2, 0) is 10.0 Å². The van der Waals surface area contributed by atoms with E-state index >= 15 is 0 Å². The van der Waals surface area contributed by atoms with Crippen molar-refractivity contribution < 1.29 is 8.42 Å². The monoisotopic (exact) mass is 196 g/mol. The predicted octanol–water partition coefficient (Wildman–Crippen LogP) is -0.592. The Morgan fingerprint density at radius 1 is 1.18 bits per heavy atom. The fourth-order valence-corrected chi connectivity index (χ4v) is 2.01. The van der Waals surface area contributed by atoms with Gasteiger partial charge in [0.25, 0.3) is 0 Å². The van der Waals surface area contributed by atoms with E-state index in [1.807, 2.05) is 4.31 Å². The van der Waals surface area contributed by atoms with Crippen LogP contribution >= 0.6 is 12.8 Å². The van der Waals surface area contributed by atoms with Crippen LogP contribution in [0.2, 0.25) is 0 Å². The maximum atomic E-state index is 11.0. The van der Waals surface area contributed by atoms with Crippen LogP contribution in [0.1, 0.15) is 0 Å². The SMILES string of the molecule is CS(=O)(=O)N1CCN(S)CC1. The standard InChI is InChI=1S/C5H12N2O2S2/c1-11(8,9)7-4-2-6(10)3-5-7/h10H,2-5H2,1H3. The lowest BCUT2D eigenvalue weighted by Gasteiger charge is -2.29. The molecule has 1 aliphatic heterocycles. The van der Waals surface area contributed by atoms with Gasteiger partial charge in [0.2, 0.25) is 10.0 Å². The highest BCUT2D eigenvalue weighted by Crippen LogP contribution is 2.06. The van der Waals surface area contributed by atoms with Crippen LogP contribution in [0.5, 0.6) is 0 Å². The molecule has 0 bridgehead atoms. The first-order valence-electron chi connectivity index (χ1n) is 3.39. The molecule has 0 aromatic heterocycles. The summed E-state index contributed by atoms with van der Waals surface area (Å²) in [5.41, 5.74) is 0. The van der Waals surface area contributed by atoms with Crippen molar-refractivity contribution in [2.45, 2.75) is 0 Å². The third kappa shape index (κ3) is 2.62. The van der Waals surface area contributed by atoms with Crippen LogP contribution in [0.4, 0.5) is 0 Å². The molecule has 0 spiro atoms. The molecule has 0 N–H and O–H groups in total. The molecule has 6 heteroatoms. The maximum Gasteiger partial charge on any atom is 0.211 e. The Kier molecular flexibility index (Phi) is 2.79. The minimum absolute atomic E-state index is 0.558. The van der Waals surface area contributed by atoms with E-state index in [4.69, 9.17) is 0 Å². The first-order chi connectivity index (χ1) is 5.00. The van der Waals surface area contributed by atoms with E-state index in [-0.39, 0.29) is 0 Å². The van der Waals surface area contributed by atoms with Gasteiger partial charge in [-0.1, -0.05) is 12.8 Å². The summed E-state index contributed by atoms with van der Waals surface area (Å²) >= 11 is 4.11. The molecule has 1 rings (SSSR count). The summed E-state index contributed by atoms with van der Waals surface area (Å²) in [6, 6.07) is 0. The molecular weight excluding hydrogens is 184 g/mol. The summed E-state index contributed by atoms with van der Waals surface area (Å²) in [4.78, 5) is 0. The van der Waals surface area contributed by atoms with Gasteiger partial charge in [0, 0.05) is 26.2 Å². The van der Waals surface area contributed by atoms with Crippen molar-refractivity contribution in [3.05, 3.63) is 0 Å². The number of sulfonamides is 1. The van der Waals surface area contributed by atoms with Crippen molar-refractivity contribution in [3.8, 4) is 0 Å². The third-order valence-electron chi connectivity index (χ3n) is 1.68. The fourth-order valence-electron chi connectivity index (χ4n) is 1.01. The van der Waals surface area contributed by atoms with Crippen molar-refractivity contribution >= 4 is 22.8 Å². The highest BCUT2D eigenvalue weighted by atomic mass is 32.2. The minimum Gasteiger partial charge on any atom is -0.251 e. The highest BCUT2D eigenvalue weighted by Gasteiger charge is 2.21. The first kappa shape index (κ1) is 9.31. The fraction of sp³-hybridized carbons (Fsp3) is 1.00. The van der Waals surface area contributed by atoms with Crippen LogP contribution in [-0.4, -0.2) is 49.5 Å². The molecule has 1 fully saturated rings. The van der Waals surface area contributed by atoms with Gasteiger partial charge >= 0.3 is 0 Å². The lowest BCUT2D eigenvalue weighted by Crippen LogP contribution is -2.44. The highest BCUT2D eigenvalue weighted by molar-refractivity contribution is 7.88. The molecule has 0 atom stereocenters. The van der Waals surface area contributed by atoms with E-state index < -0.39 is 10.0 Å².